The van der Waals surface area contributed by atoms with Gasteiger partial charge in [-0.05, 0) is 12.1 Å². The zero-order valence-electron chi connectivity index (χ0n) is 10.8. The summed E-state index contributed by atoms with van der Waals surface area (Å²) in [6, 6.07) is 2.10. The number of halogens is 3. The Morgan fingerprint density at radius 3 is 2.25 bits per heavy atom. The maximum Gasteiger partial charge on any atom is 0.200 e. The Balaban J connectivity index is 0.00000180. The van der Waals surface area contributed by atoms with E-state index in [1.54, 1.807) is 0 Å². The molecule has 5 nitrogen and oxygen atoms in total. The number of hydrogen-bond acceptors (Lipinski definition) is 5. The van der Waals surface area contributed by atoms with Crippen LogP contribution >= 0.6 is 24.8 Å². The molecular formula is C12H19Cl2FN2O3. The minimum absolute atomic E-state index is 0. The van der Waals surface area contributed by atoms with Crippen LogP contribution in [0.2, 0.25) is 0 Å². The molecule has 1 fully saturated rings. The first-order valence-electron chi connectivity index (χ1n) is 5.89. The lowest BCUT2D eigenvalue weighted by Gasteiger charge is -2.33. The highest BCUT2D eigenvalue weighted by molar-refractivity contribution is 5.85. The first kappa shape index (κ1) is 19.1. The largest absolute Gasteiger partial charge is 0.504 e. The molecule has 1 aromatic carbocycles. The number of alkyl halides is 1. The molecule has 1 aliphatic heterocycles. The van der Waals surface area contributed by atoms with Crippen LogP contribution in [-0.2, 0) is 0 Å². The van der Waals surface area contributed by atoms with Crippen molar-refractivity contribution in [1.29, 1.82) is 0 Å². The number of benzene rings is 1. The highest BCUT2D eigenvalue weighted by Gasteiger charge is 2.26. The predicted molar refractivity (Wildman–Crippen MR) is 79.1 cm³/mol. The summed E-state index contributed by atoms with van der Waals surface area (Å²) in [5, 5.41) is 31.7. The Morgan fingerprint density at radius 1 is 1.10 bits per heavy atom. The minimum atomic E-state index is -0.655. The topological polar surface area (TPSA) is 76.0 Å². The minimum Gasteiger partial charge on any atom is -0.504 e. The number of nitrogens with one attached hydrogen (secondary N) is 1. The molecule has 0 radical (unpaired) electrons. The van der Waals surface area contributed by atoms with E-state index in [2.05, 4.69) is 5.32 Å². The van der Waals surface area contributed by atoms with Gasteiger partial charge in [-0.15, -0.1) is 24.8 Å². The smallest absolute Gasteiger partial charge is 0.200 e. The van der Waals surface area contributed by atoms with Crippen molar-refractivity contribution in [2.45, 2.75) is 6.04 Å². The van der Waals surface area contributed by atoms with Crippen LogP contribution in [0.3, 0.4) is 0 Å². The zero-order valence-corrected chi connectivity index (χ0v) is 12.4. The van der Waals surface area contributed by atoms with Crippen molar-refractivity contribution >= 4 is 24.8 Å². The van der Waals surface area contributed by atoms with Gasteiger partial charge in [0.2, 0.25) is 5.75 Å². The molecule has 20 heavy (non-hydrogen) atoms. The second-order valence-corrected chi connectivity index (χ2v) is 4.33. The van der Waals surface area contributed by atoms with Crippen LogP contribution in [0.25, 0.3) is 0 Å². The fourth-order valence-corrected chi connectivity index (χ4v) is 2.22. The summed E-state index contributed by atoms with van der Waals surface area (Å²) in [7, 11) is 0. The van der Waals surface area contributed by atoms with Gasteiger partial charge < -0.3 is 20.6 Å². The molecule has 0 unspecified atom stereocenters. The van der Waals surface area contributed by atoms with E-state index >= 15 is 0 Å². The SMILES string of the molecule is Cl.Cl.Oc1ccc([C@@H](CF)N2CCNCC2)c(O)c1O. The first-order chi connectivity index (χ1) is 8.65. The van der Waals surface area contributed by atoms with Gasteiger partial charge in [0.05, 0.1) is 6.04 Å². The number of hydrogen-bond donors (Lipinski definition) is 4. The summed E-state index contributed by atoms with van der Waals surface area (Å²) in [6.07, 6.45) is 0. The molecule has 116 valence electrons. The van der Waals surface area contributed by atoms with E-state index < -0.39 is 30.0 Å². The summed E-state index contributed by atoms with van der Waals surface area (Å²) < 4.78 is 13.2. The Kier molecular flexibility index (Phi) is 7.96. The number of phenols is 3. The van der Waals surface area contributed by atoms with E-state index in [-0.39, 0.29) is 24.8 Å². The second kappa shape index (κ2) is 8.36. The zero-order chi connectivity index (χ0) is 13.1. The first-order valence-corrected chi connectivity index (χ1v) is 5.89. The third-order valence-electron chi connectivity index (χ3n) is 3.26. The van der Waals surface area contributed by atoms with E-state index in [9.17, 15) is 19.7 Å². The van der Waals surface area contributed by atoms with E-state index in [1.807, 2.05) is 4.90 Å². The summed E-state index contributed by atoms with van der Waals surface area (Å²) in [6.45, 7) is 2.23. The number of aromatic hydroxyl groups is 3. The van der Waals surface area contributed by atoms with Gasteiger partial charge in [-0.1, -0.05) is 0 Å². The average molecular weight is 329 g/mol. The fraction of sp³-hybridized carbons (Fsp3) is 0.500. The van der Waals surface area contributed by atoms with Crippen LogP contribution in [0.5, 0.6) is 17.2 Å². The van der Waals surface area contributed by atoms with Gasteiger partial charge in [0.25, 0.3) is 0 Å². The van der Waals surface area contributed by atoms with Gasteiger partial charge in [0.1, 0.15) is 6.67 Å². The Hall–Kier alpha value is -0.950. The summed E-state index contributed by atoms with van der Waals surface area (Å²) >= 11 is 0. The van der Waals surface area contributed by atoms with Crippen LogP contribution in [-0.4, -0.2) is 53.1 Å². The van der Waals surface area contributed by atoms with Crippen molar-refractivity contribution in [2.24, 2.45) is 0 Å². The van der Waals surface area contributed by atoms with Gasteiger partial charge in [-0.2, -0.15) is 0 Å². The van der Waals surface area contributed by atoms with Crippen molar-refractivity contribution in [1.82, 2.24) is 10.2 Å². The highest BCUT2D eigenvalue weighted by Crippen LogP contribution is 2.41. The van der Waals surface area contributed by atoms with E-state index in [0.29, 0.717) is 18.7 Å². The van der Waals surface area contributed by atoms with Crippen LogP contribution < -0.4 is 5.32 Å². The summed E-state index contributed by atoms with van der Waals surface area (Å²) in [5.41, 5.74) is 0.301. The van der Waals surface area contributed by atoms with Gasteiger partial charge in [-0.3, -0.25) is 4.90 Å². The highest BCUT2D eigenvalue weighted by atomic mass is 35.5. The number of phenolic OH excluding ortho intramolecular Hbond substituents is 3. The van der Waals surface area contributed by atoms with E-state index in [1.165, 1.54) is 12.1 Å². The Morgan fingerprint density at radius 2 is 1.70 bits per heavy atom. The standard InChI is InChI=1S/C12H17FN2O3.2ClH/c13-7-9(15-5-3-14-4-6-15)8-1-2-10(16)12(18)11(8)17;;/h1-2,9,14,16-18H,3-7H2;2*1H/t9-;;/m1../s1. The molecule has 0 aliphatic carbocycles. The lowest BCUT2D eigenvalue weighted by Crippen LogP contribution is -2.45. The summed E-state index contributed by atoms with van der Waals surface area (Å²) in [4.78, 5) is 1.90. The number of nitrogens with zero attached hydrogens (tertiary/aromatic N) is 1. The van der Waals surface area contributed by atoms with Crippen LogP contribution in [0, 0.1) is 0 Å². The molecule has 1 aromatic rings. The van der Waals surface area contributed by atoms with Gasteiger partial charge >= 0.3 is 0 Å². The lowest BCUT2D eigenvalue weighted by atomic mass is 10.0. The van der Waals surface area contributed by atoms with Crippen molar-refractivity contribution in [3.05, 3.63) is 17.7 Å². The molecular weight excluding hydrogens is 310 g/mol. The monoisotopic (exact) mass is 328 g/mol. The van der Waals surface area contributed by atoms with E-state index in [0.717, 1.165) is 13.1 Å². The summed E-state index contributed by atoms with van der Waals surface area (Å²) in [5.74, 6) is -1.45. The van der Waals surface area contributed by atoms with Crippen molar-refractivity contribution < 1.29 is 19.7 Å². The second-order valence-electron chi connectivity index (χ2n) is 4.33. The van der Waals surface area contributed by atoms with Gasteiger partial charge in [0.15, 0.2) is 11.5 Å². The molecule has 1 aliphatic rings. The molecule has 0 spiro atoms. The molecule has 2 rings (SSSR count). The quantitative estimate of drug-likeness (QED) is 0.634. The van der Waals surface area contributed by atoms with Crippen molar-refractivity contribution in [3.8, 4) is 17.2 Å². The van der Waals surface area contributed by atoms with Crippen LogP contribution in [0.4, 0.5) is 4.39 Å². The maximum atomic E-state index is 13.2. The van der Waals surface area contributed by atoms with Crippen LogP contribution in [0.1, 0.15) is 11.6 Å². The van der Waals surface area contributed by atoms with Gasteiger partial charge in [0, 0.05) is 31.7 Å². The third kappa shape index (κ3) is 3.79. The van der Waals surface area contributed by atoms with Gasteiger partial charge in [-0.25, -0.2) is 4.39 Å². The molecule has 0 bridgehead atoms. The lowest BCUT2D eigenvalue weighted by molar-refractivity contribution is 0.144. The molecule has 1 heterocycles. The molecule has 1 atom stereocenters. The fourth-order valence-electron chi connectivity index (χ4n) is 2.22. The molecule has 4 N–H and O–H groups in total. The normalized spacial score (nSPS) is 16.9. The molecule has 0 amide bonds. The van der Waals surface area contributed by atoms with Crippen molar-refractivity contribution in [2.75, 3.05) is 32.9 Å². The number of rotatable bonds is 3. The maximum absolute atomic E-state index is 13.2. The molecule has 0 aromatic heterocycles. The average Bonchev–Trinajstić information content (AvgIpc) is 2.41. The Bertz CT molecular complexity index is 431. The molecule has 1 saturated heterocycles. The van der Waals surface area contributed by atoms with Crippen molar-refractivity contribution in [3.63, 3.8) is 0 Å². The molecule has 8 heteroatoms. The third-order valence-corrected chi connectivity index (χ3v) is 3.26. The van der Waals surface area contributed by atoms with E-state index in [4.69, 9.17) is 0 Å². The Labute approximate surface area is 129 Å². The predicted octanol–water partition coefficient (Wildman–Crippen LogP) is 1.56. The molecule has 0 saturated carbocycles. The van der Waals surface area contributed by atoms with Crippen LogP contribution in [0.15, 0.2) is 12.1 Å². The number of piperazine rings is 1.